The number of carbonyl (C=O) groups excluding carboxylic acids is 2. The second kappa shape index (κ2) is 8.84. The number of piperazine rings is 1. The van der Waals surface area contributed by atoms with E-state index in [1.807, 2.05) is 37.3 Å². The molecule has 1 saturated heterocycles. The van der Waals surface area contributed by atoms with Crippen molar-refractivity contribution in [1.82, 2.24) is 9.21 Å². The zero-order chi connectivity index (χ0) is 22.9. The first-order chi connectivity index (χ1) is 15.3. The van der Waals surface area contributed by atoms with Gasteiger partial charge in [-0.25, -0.2) is 13.4 Å². The van der Waals surface area contributed by atoms with Crippen molar-refractivity contribution in [3.8, 4) is 0 Å². The molecular formula is C23H26N4O4S. The molecule has 2 aliphatic rings. The Morgan fingerprint density at radius 2 is 1.62 bits per heavy atom. The fourth-order valence-electron chi connectivity index (χ4n) is 3.92. The lowest BCUT2D eigenvalue weighted by molar-refractivity contribution is -0.125. The van der Waals surface area contributed by atoms with Crippen molar-refractivity contribution in [2.45, 2.75) is 31.6 Å². The number of para-hydroxylation sites is 1. The summed E-state index contributed by atoms with van der Waals surface area (Å²) in [6, 6.07) is 14.4. The summed E-state index contributed by atoms with van der Waals surface area (Å²) >= 11 is 0. The summed E-state index contributed by atoms with van der Waals surface area (Å²) in [5.41, 5.74) is 2.53. The van der Waals surface area contributed by atoms with Crippen molar-refractivity contribution in [2.75, 3.05) is 31.2 Å². The van der Waals surface area contributed by atoms with Crippen LogP contribution in [0.2, 0.25) is 0 Å². The van der Waals surface area contributed by atoms with Gasteiger partial charge in [-0.05, 0) is 43.2 Å². The van der Waals surface area contributed by atoms with E-state index in [2.05, 4.69) is 5.10 Å². The van der Waals surface area contributed by atoms with Crippen molar-refractivity contribution >= 4 is 33.2 Å². The predicted octanol–water partition coefficient (Wildman–Crippen LogP) is 2.32. The van der Waals surface area contributed by atoms with E-state index in [0.717, 1.165) is 5.56 Å². The summed E-state index contributed by atoms with van der Waals surface area (Å²) in [5.74, 6) is -0.403. The van der Waals surface area contributed by atoms with Crippen LogP contribution in [-0.4, -0.2) is 61.3 Å². The minimum Gasteiger partial charge on any atom is -0.335 e. The highest BCUT2D eigenvalue weighted by Crippen LogP contribution is 2.24. The molecule has 2 aliphatic heterocycles. The van der Waals surface area contributed by atoms with Crippen LogP contribution in [0.25, 0.3) is 0 Å². The Morgan fingerprint density at radius 3 is 2.31 bits per heavy atom. The van der Waals surface area contributed by atoms with Crippen LogP contribution in [0.5, 0.6) is 0 Å². The molecule has 9 heteroatoms. The lowest BCUT2D eigenvalue weighted by atomic mass is 10.1. The molecule has 0 radical (unpaired) electrons. The Balaban J connectivity index is 1.47. The molecule has 0 saturated carbocycles. The molecule has 168 valence electrons. The summed E-state index contributed by atoms with van der Waals surface area (Å²) in [6.45, 7) is 4.64. The van der Waals surface area contributed by atoms with Crippen LogP contribution in [-0.2, 0) is 19.6 Å². The highest BCUT2D eigenvalue weighted by molar-refractivity contribution is 7.89. The largest absolute Gasteiger partial charge is 0.335 e. The average molecular weight is 455 g/mol. The number of rotatable bonds is 4. The first-order valence-electron chi connectivity index (χ1n) is 10.6. The molecule has 1 fully saturated rings. The number of anilines is 1. The van der Waals surface area contributed by atoms with E-state index in [9.17, 15) is 18.0 Å². The molecule has 0 bridgehead atoms. The molecule has 2 heterocycles. The number of nitrogens with zero attached hydrogens (tertiary/aromatic N) is 4. The molecule has 8 nitrogen and oxygen atoms in total. The molecule has 0 unspecified atom stereocenters. The molecule has 4 rings (SSSR count). The smallest absolute Gasteiger partial charge is 0.270 e. The minimum absolute atomic E-state index is 0.155. The fraction of sp³-hybridized carbons (Fsp3) is 0.348. The van der Waals surface area contributed by atoms with Gasteiger partial charge < -0.3 is 4.90 Å². The maximum Gasteiger partial charge on any atom is 0.270 e. The van der Waals surface area contributed by atoms with E-state index in [-0.39, 0.29) is 50.8 Å². The van der Waals surface area contributed by atoms with Crippen LogP contribution in [0.15, 0.2) is 58.5 Å². The first kappa shape index (κ1) is 22.2. The van der Waals surface area contributed by atoms with Gasteiger partial charge in [-0.2, -0.15) is 9.41 Å². The minimum atomic E-state index is -3.63. The number of carbonyl (C=O) groups is 2. The van der Waals surface area contributed by atoms with Gasteiger partial charge in [0.25, 0.3) is 5.91 Å². The van der Waals surface area contributed by atoms with Crippen LogP contribution < -0.4 is 5.01 Å². The molecule has 0 aliphatic carbocycles. The van der Waals surface area contributed by atoms with Gasteiger partial charge in [0.05, 0.1) is 10.6 Å². The highest BCUT2D eigenvalue weighted by atomic mass is 32.2. The SMILES string of the molecule is Cc1ccc(C)c(S(=O)(=O)N2CCN(C(=O)C3=NN(c4ccccc4)C(=O)CC3)CC2)c1. The van der Waals surface area contributed by atoms with Crippen molar-refractivity contribution in [1.29, 1.82) is 0 Å². The Hall–Kier alpha value is -3.04. The molecule has 0 N–H and O–H groups in total. The highest BCUT2D eigenvalue weighted by Gasteiger charge is 2.34. The quantitative estimate of drug-likeness (QED) is 0.709. The zero-order valence-corrected chi connectivity index (χ0v) is 19.0. The van der Waals surface area contributed by atoms with Gasteiger partial charge in [-0.15, -0.1) is 0 Å². The van der Waals surface area contributed by atoms with Crippen molar-refractivity contribution in [2.24, 2.45) is 5.10 Å². The van der Waals surface area contributed by atoms with Crippen LogP contribution in [0.3, 0.4) is 0 Å². The summed E-state index contributed by atoms with van der Waals surface area (Å²) in [7, 11) is -3.63. The second-order valence-corrected chi connectivity index (χ2v) is 9.96. The summed E-state index contributed by atoms with van der Waals surface area (Å²) < 4.78 is 27.7. The van der Waals surface area contributed by atoms with E-state index in [1.54, 1.807) is 30.0 Å². The third kappa shape index (κ3) is 4.31. The standard InChI is InChI=1S/C23H26N4O4S/c1-17-8-9-18(2)21(16-17)32(30,31)26-14-12-25(13-15-26)23(29)20-10-11-22(28)27(24-20)19-6-4-3-5-7-19/h3-9,16H,10-15H2,1-2H3. The lowest BCUT2D eigenvalue weighted by Crippen LogP contribution is -2.52. The Kier molecular flexibility index (Phi) is 6.12. The number of amides is 2. The fourth-order valence-corrected chi connectivity index (χ4v) is 5.65. The average Bonchev–Trinajstić information content (AvgIpc) is 2.81. The monoisotopic (exact) mass is 454 g/mol. The number of sulfonamides is 1. The Bertz CT molecular complexity index is 1170. The van der Waals surface area contributed by atoms with Crippen molar-refractivity contribution < 1.29 is 18.0 Å². The van der Waals surface area contributed by atoms with Crippen LogP contribution in [0.4, 0.5) is 5.69 Å². The summed E-state index contributed by atoms with van der Waals surface area (Å²) in [4.78, 5) is 27.3. The van der Waals surface area contributed by atoms with Gasteiger partial charge in [-0.1, -0.05) is 30.3 Å². The molecule has 2 aromatic rings. The number of hydrazone groups is 1. The van der Waals surface area contributed by atoms with Crippen LogP contribution in [0.1, 0.15) is 24.0 Å². The van der Waals surface area contributed by atoms with Gasteiger partial charge in [0.1, 0.15) is 5.71 Å². The molecule has 0 spiro atoms. The van der Waals surface area contributed by atoms with Gasteiger partial charge in [0.15, 0.2) is 0 Å². The molecule has 0 aromatic heterocycles. The van der Waals surface area contributed by atoms with Gasteiger partial charge in [0.2, 0.25) is 15.9 Å². The lowest BCUT2D eigenvalue weighted by Gasteiger charge is -2.35. The Morgan fingerprint density at radius 1 is 0.938 bits per heavy atom. The number of benzene rings is 2. The van der Waals surface area contributed by atoms with E-state index in [0.29, 0.717) is 21.9 Å². The molecule has 2 amide bonds. The summed E-state index contributed by atoms with van der Waals surface area (Å²) in [6.07, 6.45) is 0.489. The third-order valence-corrected chi connectivity index (χ3v) is 7.81. The maximum absolute atomic E-state index is 13.1. The van der Waals surface area contributed by atoms with E-state index in [1.165, 1.54) is 9.31 Å². The summed E-state index contributed by atoms with van der Waals surface area (Å²) in [5, 5.41) is 5.60. The second-order valence-electron chi connectivity index (χ2n) is 8.05. The van der Waals surface area contributed by atoms with E-state index < -0.39 is 10.0 Å². The predicted molar refractivity (Wildman–Crippen MR) is 122 cm³/mol. The number of hydrogen-bond donors (Lipinski definition) is 0. The Labute approximate surface area is 188 Å². The number of aryl methyl sites for hydroxylation is 2. The van der Waals surface area contributed by atoms with Gasteiger partial charge in [0, 0.05) is 39.0 Å². The maximum atomic E-state index is 13.1. The van der Waals surface area contributed by atoms with E-state index in [4.69, 9.17) is 0 Å². The van der Waals surface area contributed by atoms with Gasteiger partial charge in [-0.3, -0.25) is 9.59 Å². The molecule has 2 aromatic carbocycles. The molecule has 32 heavy (non-hydrogen) atoms. The van der Waals surface area contributed by atoms with Crippen molar-refractivity contribution in [3.63, 3.8) is 0 Å². The molecule has 0 atom stereocenters. The normalized spacial score (nSPS) is 17.9. The topological polar surface area (TPSA) is 90.4 Å². The first-order valence-corrected chi connectivity index (χ1v) is 12.0. The van der Waals surface area contributed by atoms with E-state index >= 15 is 0 Å². The zero-order valence-electron chi connectivity index (χ0n) is 18.2. The molecular weight excluding hydrogens is 428 g/mol. The third-order valence-electron chi connectivity index (χ3n) is 5.77. The van der Waals surface area contributed by atoms with Crippen molar-refractivity contribution in [3.05, 3.63) is 59.7 Å². The number of hydrogen-bond acceptors (Lipinski definition) is 5. The van der Waals surface area contributed by atoms with Crippen LogP contribution >= 0.6 is 0 Å². The van der Waals surface area contributed by atoms with Gasteiger partial charge >= 0.3 is 0 Å². The van der Waals surface area contributed by atoms with Crippen LogP contribution in [0, 0.1) is 13.8 Å².